The number of nitrogens with zero attached hydrogens (tertiary/aromatic N) is 2. The highest BCUT2D eigenvalue weighted by Crippen LogP contribution is 2.30. The van der Waals surface area contributed by atoms with Crippen LogP contribution in [-0.2, 0) is 0 Å². The second kappa shape index (κ2) is 4.10. The smallest absolute Gasteiger partial charge is 0.162 e. The van der Waals surface area contributed by atoms with E-state index in [9.17, 15) is 4.39 Å². The summed E-state index contributed by atoms with van der Waals surface area (Å²) in [4.78, 5) is 8.16. The van der Waals surface area contributed by atoms with Gasteiger partial charge in [-0.1, -0.05) is 11.6 Å². The molecular weight excluding hydrogens is 255 g/mol. The van der Waals surface area contributed by atoms with Crippen LogP contribution in [0.25, 0.3) is 5.57 Å². The van der Waals surface area contributed by atoms with Crippen LogP contribution in [0.1, 0.15) is 11.5 Å². The Morgan fingerprint density at radius 2 is 2.11 bits per heavy atom. The Balaban J connectivity index is 2.02. The zero-order chi connectivity index (χ0) is 12.7. The van der Waals surface area contributed by atoms with E-state index in [0.717, 1.165) is 11.1 Å². The minimum absolute atomic E-state index is 0.0311. The van der Waals surface area contributed by atoms with E-state index >= 15 is 0 Å². The van der Waals surface area contributed by atoms with E-state index < -0.39 is 5.82 Å². The van der Waals surface area contributed by atoms with Crippen molar-refractivity contribution in [3.8, 4) is 0 Å². The first-order valence-corrected chi connectivity index (χ1v) is 5.82. The highest BCUT2D eigenvalue weighted by molar-refractivity contribution is 6.31. The van der Waals surface area contributed by atoms with Crippen molar-refractivity contribution in [1.82, 2.24) is 20.6 Å². The molecule has 0 bridgehead atoms. The number of hydrogen-bond donors (Lipinski definition) is 2. The number of nitrogens with one attached hydrogen (secondary N) is 2. The Labute approximate surface area is 108 Å². The summed E-state index contributed by atoms with van der Waals surface area (Å²) in [5.74, 6) is 0.0823. The first-order valence-electron chi connectivity index (χ1n) is 5.44. The maximum Gasteiger partial charge on any atom is 0.162 e. The lowest BCUT2D eigenvalue weighted by atomic mass is 10.0. The summed E-state index contributed by atoms with van der Waals surface area (Å²) < 4.78 is 13.2. The van der Waals surface area contributed by atoms with Crippen molar-refractivity contribution in [2.75, 3.05) is 0 Å². The molecule has 2 aliphatic rings. The number of aryl methyl sites for hydroxylation is 1. The van der Waals surface area contributed by atoms with E-state index in [1.807, 2.05) is 6.08 Å². The molecule has 0 amide bonds. The van der Waals surface area contributed by atoms with Crippen LogP contribution >= 0.6 is 11.6 Å². The van der Waals surface area contributed by atoms with Crippen molar-refractivity contribution in [3.63, 3.8) is 0 Å². The predicted molar refractivity (Wildman–Crippen MR) is 66.8 cm³/mol. The van der Waals surface area contributed by atoms with Gasteiger partial charge in [-0.15, -0.1) is 0 Å². The van der Waals surface area contributed by atoms with Gasteiger partial charge in [-0.2, -0.15) is 0 Å². The molecule has 3 heterocycles. The van der Waals surface area contributed by atoms with Gasteiger partial charge in [0.05, 0.1) is 16.9 Å². The molecule has 4 nitrogen and oxygen atoms in total. The fourth-order valence-corrected chi connectivity index (χ4v) is 2.10. The third-order valence-corrected chi connectivity index (χ3v) is 3.08. The second-order valence-electron chi connectivity index (χ2n) is 4.08. The maximum atomic E-state index is 13.2. The molecule has 0 radical (unpaired) electrons. The summed E-state index contributed by atoms with van der Waals surface area (Å²) in [6.07, 6.45) is 6.52. The molecule has 0 aromatic carbocycles. The number of fused-ring (bicyclic) bond motifs is 1. The van der Waals surface area contributed by atoms with Crippen molar-refractivity contribution in [2.45, 2.75) is 13.1 Å². The molecule has 1 aromatic rings. The number of allylic oxidation sites excluding steroid dienone is 2. The largest absolute Gasteiger partial charge is 0.367 e. The Hall–Kier alpha value is -1.88. The van der Waals surface area contributed by atoms with E-state index in [1.54, 1.807) is 19.3 Å². The quantitative estimate of drug-likeness (QED) is 0.812. The molecule has 2 N–H and O–H groups in total. The Morgan fingerprint density at radius 1 is 1.33 bits per heavy atom. The summed E-state index contributed by atoms with van der Waals surface area (Å²) in [6, 6.07) is 0. The van der Waals surface area contributed by atoms with Crippen LogP contribution < -0.4 is 10.6 Å². The highest BCUT2D eigenvalue weighted by atomic mass is 35.5. The van der Waals surface area contributed by atoms with E-state index in [4.69, 9.17) is 11.6 Å². The van der Waals surface area contributed by atoms with Gasteiger partial charge in [-0.25, -0.2) is 14.4 Å². The minimum Gasteiger partial charge on any atom is -0.367 e. The standard InChI is InChI=1S/C12H10ClFN4/c1-6-10(14)5-17-12(18-6)9-4-16-11-8(9)2-7(13)3-15-11/h2-5,11,15-16H,1H3. The van der Waals surface area contributed by atoms with Crippen LogP contribution in [0.4, 0.5) is 4.39 Å². The molecule has 0 saturated heterocycles. The van der Waals surface area contributed by atoms with Crippen LogP contribution in [0, 0.1) is 12.7 Å². The van der Waals surface area contributed by atoms with Gasteiger partial charge < -0.3 is 10.6 Å². The van der Waals surface area contributed by atoms with Gasteiger partial charge in [-0.3, -0.25) is 0 Å². The number of aromatic nitrogens is 2. The molecule has 92 valence electrons. The van der Waals surface area contributed by atoms with Gasteiger partial charge >= 0.3 is 0 Å². The molecule has 0 aliphatic carbocycles. The van der Waals surface area contributed by atoms with Crippen molar-refractivity contribution in [3.05, 3.63) is 52.6 Å². The van der Waals surface area contributed by atoms with E-state index in [0.29, 0.717) is 16.6 Å². The minimum atomic E-state index is -0.407. The van der Waals surface area contributed by atoms with Crippen LogP contribution in [0.2, 0.25) is 0 Å². The average Bonchev–Trinajstić information content (AvgIpc) is 2.75. The van der Waals surface area contributed by atoms with E-state index in [-0.39, 0.29) is 6.17 Å². The van der Waals surface area contributed by atoms with Crippen LogP contribution in [-0.4, -0.2) is 16.1 Å². The highest BCUT2D eigenvalue weighted by Gasteiger charge is 2.27. The number of dihydropyridines is 1. The molecule has 1 unspecified atom stereocenters. The van der Waals surface area contributed by atoms with Crippen molar-refractivity contribution >= 4 is 17.2 Å². The topological polar surface area (TPSA) is 49.8 Å². The third kappa shape index (κ3) is 1.76. The Kier molecular flexibility index (Phi) is 2.56. The lowest BCUT2D eigenvalue weighted by molar-refractivity contribution is 0.600. The Bertz CT molecular complexity index is 606. The summed E-state index contributed by atoms with van der Waals surface area (Å²) in [5.41, 5.74) is 2.10. The van der Waals surface area contributed by atoms with Gasteiger partial charge in [0.25, 0.3) is 0 Å². The first-order chi connectivity index (χ1) is 8.65. The summed E-state index contributed by atoms with van der Waals surface area (Å²) in [5, 5.41) is 6.85. The number of hydrogen-bond acceptors (Lipinski definition) is 4. The third-order valence-electron chi connectivity index (χ3n) is 2.86. The zero-order valence-corrected chi connectivity index (χ0v) is 10.3. The summed E-state index contributed by atoms with van der Waals surface area (Å²) >= 11 is 5.96. The van der Waals surface area contributed by atoms with Gasteiger partial charge in [0.15, 0.2) is 11.6 Å². The summed E-state index contributed by atoms with van der Waals surface area (Å²) in [7, 11) is 0. The van der Waals surface area contributed by atoms with Gasteiger partial charge in [-0.05, 0) is 13.0 Å². The molecule has 2 aliphatic heterocycles. The molecule has 1 aromatic heterocycles. The van der Waals surface area contributed by atoms with Crippen molar-refractivity contribution < 1.29 is 4.39 Å². The SMILES string of the molecule is Cc1nc(C2=CNC3NC=C(Cl)C=C23)ncc1F. The monoisotopic (exact) mass is 264 g/mol. The normalized spacial score (nSPS) is 21.3. The van der Waals surface area contributed by atoms with Crippen LogP contribution in [0.5, 0.6) is 0 Å². The van der Waals surface area contributed by atoms with E-state index in [1.165, 1.54) is 6.20 Å². The average molecular weight is 265 g/mol. The molecule has 0 spiro atoms. The van der Waals surface area contributed by atoms with Gasteiger partial charge in [0.2, 0.25) is 0 Å². The number of rotatable bonds is 1. The molecular formula is C12H10ClFN4. The first kappa shape index (κ1) is 11.2. The molecule has 6 heteroatoms. The fourth-order valence-electron chi connectivity index (χ4n) is 1.92. The van der Waals surface area contributed by atoms with Crippen molar-refractivity contribution in [2.24, 2.45) is 0 Å². The zero-order valence-electron chi connectivity index (χ0n) is 9.54. The lowest BCUT2D eigenvalue weighted by Gasteiger charge is -2.19. The van der Waals surface area contributed by atoms with Gasteiger partial charge in [0.1, 0.15) is 6.17 Å². The van der Waals surface area contributed by atoms with Crippen LogP contribution in [0.15, 0.2) is 35.3 Å². The molecule has 18 heavy (non-hydrogen) atoms. The molecule has 1 atom stereocenters. The molecule has 0 fully saturated rings. The van der Waals surface area contributed by atoms with Crippen LogP contribution in [0.3, 0.4) is 0 Å². The summed E-state index contributed by atoms with van der Waals surface area (Å²) in [6.45, 7) is 1.61. The fraction of sp³-hybridized carbons (Fsp3) is 0.167. The molecule has 3 rings (SSSR count). The maximum absolute atomic E-state index is 13.2. The van der Waals surface area contributed by atoms with Crippen molar-refractivity contribution in [1.29, 1.82) is 0 Å². The lowest BCUT2D eigenvalue weighted by Crippen LogP contribution is -2.36. The Morgan fingerprint density at radius 3 is 2.89 bits per heavy atom. The van der Waals surface area contributed by atoms with E-state index in [2.05, 4.69) is 20.6 Å². The molecule has 0 saturated carbocycles. The number of halogens is 2. The predicted octanol–water partition coefficient (Wildman–Crippen LogP) is 1.80. The second-order valence-corrected chi connectivity index (χ2v) is 4.52. The van der Waals surface area contributed by atoms with Gasteiger partial charge in [0, 0.05) is 23.5 Å².